The van der Waals surface area contributed by atoms with Gasteiger partial charge in [-0.1, -0.05) is 12.1 Å². The summed E-state index contributed by atoms with van der Waals surface area (Å²) in [6.45, 7) is 4.07. The Kier molecular flexibility index (Phi) is 4.78. The van der Waals surface area contributed by atoms with E-state index in [9.17, 15) is 9.59 Å². The van der Waals surface area contributed by atoms with Crippen molar-refractivity contribution in [1.29, 1.82) is 0 Å². The molecule has 0 spiro atoms. The second-order valence-corrected chi connectivity index (χ2v) is 4.72. The van der Waals surface area contributed by atoms with Gasteiger partial charge in [0.05, 0.1) is 17.7 Å². The highest BCUT2D eigenvalue weighted by Gasteiger charge is 2.14. The summed E-state index contributed by atoms with van der Waals surface area (Å²) < 4.78 is 5.44. The Hall–Kier alpha value is -2.82. The number of para-hydroxylation sites is 1. The highest BCUT2D eigenvalue weighted by molar-refractivity contribution is 6.06. The SMILES string of the molecule is CCOc1ccccc1C(=O)Nc1ccc(C(=O)O)cc1C. The number of rotatable bonds is 5. The summed E-state index contributed by atoms with van der Waals surface area (Å²) in [5.41, 5.74) is 1.87. The Balaban J connectivity index is 2.24. The Labute approximate surface area is 128 Å². The van der Waals surface area contributed by atoms with Gasteiger partial charge >= 0.3 is 5.97 Å². The molecule has 0 aliphatic carbocycles. The van der Waals surface area contributed by atoms with Crippen LogP contribution in [-0.2, 0) is 0 Å². The number of nitrogens with one attached hydrogen (secondary N) is 1. The topological polar surface area (TPSA) is 75.6 Å². The minimum Gasteiger partial charge on any atom is -0.493 e. The van der Waals surface area contributed by atoms with E-state index in [1.54, 1.807) is 37.3 Å². The number of carbonyl (C=O) groups is 2. The zero-order valence-corrected chi connectivity index (χ0v) is 12.4. The van der Waals surface area contributed by atoms with E-state index >= 15 is 0 Å². The molecule has 0 fully saturated rings. The molecule has 2 aromatic rings. The quantitative estimate of drug-likeness (QED) is 0.887. The molecule has 0 radical (unpaired) electrons. The molecule has 22 heavy (non-hydrogen) atoms. The summed E-state index contributed by atoms with van der Waals surface area (Å²) in [7, 11) is 0. The molecule has 0 saturated heterocycles. The molecule has 2 N–H and O–H groups in total. The Morgan fingerprint density at radius 2 is 1.91 bits per heavy atom. The largest absolute Gasteiger partial charge is 0.493 e. The average Bonchev–Trinajstić information content (AvgIpc) is 2.50. The molecule has 5 nitrogen and oxygen atoms in total. The molecular formula is C17H17NO4. The summed E-state index contributed by atoms with van der Waals surface area (Å²) in [5, 5.41) is 11.7. The van der Waals surface area contributed by atoms with Crippen molar-refractivity contribution in [3.05, 3.63) is 59.2 Å². The van der Waals surface area contributed by atoms with E-state index in [1.807, 2.05) is 6.92 Å². The van der Waals surface area contributed by atoms with Gasteiger partial charge in [-0.05, 0) is 49.7 Å². The summed E-state index contributed by atoms with van der Waals surface area (Å²) in [6.07, 6.45) is 0. The van der Waals surface area contributed by atoms with Crippen LogP contribution in [0.25, 0.3) is 0 Å². The number of carboxylic acids is 1. The fraction of sp³-hybridized carbons (Fsp3) is 0.176. The van der Waals surface area contributed by atoms with Crippen LogP contribution in [0.5, 0.6) is 5.75 Å². The average molecular weight is 299 g/mol. The molecule has 0 aromatic heterocycles. The van der Waals surface area contributed by atoms with Gasteiger partial charge in [-0.25, -0.2) is 4.79 Å². The van der Waals surface area contributed by atoms with E-state index in [0.29, 0.717) is 29.2 Å². The number of anilines is 1. The fourth-order valence-corrected chi connectivity index (χ4v) is 2.06. The molecule has 0 atom stereocenters. The van der Waals surface area contributed by atoms with Crippen molar-refractivity contribution in [1.82, 2.24) is 0 Å². The van der Waals surface area contributed by atoms with Gasteiger partial charge in [-0.2, -0.15) is 0 Å². The van der Waals surface area contributed by atoms with Crippen molar-refractivity contribution >= 4 is 17.6 Å². The lowest BCUT2D eigenvalue weighted by atomic mass is 10.1. The summed E-state index contributed by atoms with van der Waals surface area (Å²) >= 11 is 0. The van der Waals surface area contributed by atoms with Crippen molar-refractivity contribution < 1.29 is 19.4 Å². The van der Waals surface area contributed by atoms with Crippen molar-refractivity contribution in [3.8, 4) is 5.75 Å². The molecule has 114 valence electrons. The normalized spacial score (nSPS) is 10.1. The number of amides is 1. The van der Waals surface area contributed by atoms with Crippen LogP contribution in [-0.4, -0.2) is 23.6 Å². The van der Waals surface area contributed by atoms with Crippen LogP contribution in [0, 0.1) is 6.92 Å². The second kappa shape index (κ2) is 6.76. The molecule has 0 bridgehead atoms. The number of hydrogen-bond acceptors (Lipinski definition) is 3. The van der Waals surface area contributed by atoms with E-state index in [4.69, 9.17) is 9.84 Å². The van der Waals surface area contributed by atoms with Crippen LogP contribution >= 0.6 is 0 Å². The van der Waals surface area contributed by atoms with Crippen LogP contribution in [0.4, 0.5) is 5.69 Å². The number of hydrogen-bond donors (Lipinski definition) is 2. The van der Waals surface area contributed by atoms with Crippen molar-refractivity contribution in [2.45, 2.75) is 13.8 Å². The van der Waals surface area contributed by atoms with E-state index < -0.39 is 5.97 Å². The van der Waals surface area contributed by atoms with Gasteiger partial charge in [0.25, 0.3) is 5.91 Å². The van der Waals surface area contributed by atoms with Crippen LogP contribution in [0.3, 0.4) is 0 Å². The minimum absolute atomic E-state index is 0.185. The molecule has 0 heterocycles. The van der Waals surface area contributed by atoms with E-state index in [-0.39, 0.29) is 11.5 Å². The van der Waals surface area contributed by atoms with E-state index in [0.717, 1.165) is 0 Å². The Morgan fingerprint density at radius 3 is 2.55 bits per heavy atom. The van der Waals surface area contributed by atoms with Crippen LogP contribution < -0.4 is 10.1 Å². The highest BCUT2D eigenvalue weighted by Crippen LogP contribution is 2.22. The molecule has 0 unspecified atom stereocenters. The zero-order valence-electron chi connectivity index (χ0n) is 12.4. The maximum atomic E-state index is 12.4. The molecule has 2 aromatic carbocycles. The van der Waals surface area contributed by atoms with Crippen LogP contribution in [0.15, 0.2) is 42.5 Å². The maximum absolute atomic E-state index is 12.4. The third-order valence-corrected chi connectivity index (χ3v) is 3.15. The monoisotopic (exact) mass is 299 g/mol. The molecule has 1 amide bonds. The number of ether oxygens (including phenoxy) is 1. The Morgan fingerprint density at radius 1 is 1.18 bits per heavy atom. The molecule has 5 heteroatoms. The number of aryl methyl sites for hydroxylation is 1. The van der Waals surface area contributed by atoms with E-state index in [1.165, 1.54) is 12.1 Å². The molecule has 2 rings (SSSR count). The third-order valence-electron chi connectivity index (χ3n) is 3.15. The number of carboxylic acid groups (broad SMARTS) is 1. The second-order valence-electron chi connectivity index (χ2n) is 4.72. The van der Waals surface area contributed by atoms with Gasteiger partial charge in [0.2, 0.25) is 0 Å². The maximum Gasteiger partial charge on any atom is 0.335 e. The first-order valence-corrected chi connectivity index (χ1v) is 6.90. The standard InChI is InChI=1S/C17H17NO4/c1-3-22-15-7-5-4-6-13(15)16(19)18-14-9-8-12(17(20)21)10-11(14)2/h4-10H,3H2,1-2H3,(H,18,19)(H,20,21). The van der Waals surface area contributed by atoms with Gasteiger partial charge in [0, 0.05) is 5.69 Å². The van der Waals surface area contributed by atoms with Crippen LogP contribution in [0.2, 0.25) is 0 Å². The number of benzene rings is 2. The summed E-state index contributed by atoms with van der Waals surface area (Å²) in [4.78, 5) is 23.3. The highest BCUT2D eigenvalue weighted by atomic mass is 16.5. The third kappa shape index (κ3) is 3.44. The zero-order chi connectivity index (χ0) is 16.1. The van der Waals surface area contributed by atoms with Gasteiger partial charge < -0.3 is 15.2 Å². The first-order valence-electron chi connectivity index (χ1n) is 6.90. The van der Waals surface area contributed by atoms with Gasteiger partial charge in [-0.15, -0.1) is 0 Å². The first kappa shape index (κ1) is 15.6. The lowest BCUT2D eigenvalue weighted by Crippen LogP contribution is -2.14. The lowest BCUT2D eigenvalue weighted by molar-refractivity contribution is 0.0696. The van der Waals surface area contributed by atoms with Gasteiger partial charge in [0.1, 0.15) is 5.75 Å². The van der Waals surface area contributed by atoms with E-state index in [2.05, 4.69) is 5.32 Å². The number of aromatic carboxylic acids is 1. The van der Waals surface area contributed by atoms with Crippen LogP contribution in [0.1, 0.15) is 33.2 Å². The van der Waals surface area contributed by atoms with Gasteiger partial charge in [0.15, 0.2) is 0 Å². The minimum atomic E-state index is -0.998. The van der Waals surface area contributed by atoms with Crippen molar-refractivity contribution in [2.24, 2.45) is 0 Å². The smallest absolute Gasteiger partial charge is 0.335 e. The Bertz CT molecular complexity index is 710. The summed E-state index contributed by atoms with van der Waals surface area (Å²) in [5.74, 6) is -0.778. The first-order chi connectivity index (χ1) is 10.5. The van der Waals surface area contributed by atoms with Gasteiger partial charge in [-0.3, -0.25) is 4.79 Å². The molecular weight excluding hydrogens is 282 g/mol. The summed E-state index contributed by atoms with van der Waals surface area (Å²) in [6, 6.07) is 11.5. The number of carbonyl (C=O) groups excluding carboxylic acids is 1. The lowest BCUT2D eigenvalue weighted by Gasteiger charge is -2.12. The predicted molar refractivity (Wildman–Crippen MR) is 83.7 cm³/mol. The molecule has 0 saturated carbocycles. The fourth-order valence-electron chi connectivity index (χ4n) is 2.06. The molecule has 0 aliphatic rings. The van der Waals surface area contributed by atoms with Crippen molar-refractivity contribution in [2.75, 3.05) is 11.9 Å². The predicted octanol–water partition coefficient (Wildman–Crippen LogP) is 3.34. The molecule has 0 aliphatic heterocycles. The van der Waals surface area contributed by atoms with Crippen molar-refractivity contribution in [3.63, 3.8) is 0 Å².